The monoisotopic (exact) mass is 333 g/mol. The molecule has 0 aliphatic heterocycles. The van der Waals surface area contributed by atoms with Crippen LogP contribution in [0.1, 0.15) is 59.9 Å². The average molecular weight is 333 g/mol. The van der Waals surface area contributed by atoms with Crippen molar-refractivity contribution in [3.05, 3.63) is 29.8 Å². The Morgan fingerprint density at radius 3 is 2.12 bits per heavy atom. The average Bonchev–Trinajstić information content (AvgIpc) is 2.40. The first-order valence-corrected chi connectivity index (χ1v) is 8.49. The van der Waals surface area contributed by atoms with Crippen LogP contribution < -0.4 is 10.1 Å². The second-order valence-corrected chi connectivity index (χ2v) is 8.30. The van der Waals surface area contributed by atoms with Crippen LogP contribution in [0.2, 0.25) is 0 Å². The van der Waals surface area contributed by atoms with Crippen molar-refractivity contribution >= 4 is 11.7 Å². The molecule has 0 atom stereocenters. The molecular weight excluding hydrogens is 302 g/mol. The number of amides is 1. The molecule has 0 fully saturated rings. The topological polar surface area (TPSA) is 55.4 Å². The van der Waals surface area contributed by atoms with E-state index in [1.54, 1.807) is 6.92 Å². The second kappa shape index (κ2) is 8.32. The highest BCUT2D eigenvalue weighted by atomic mass is 16.5. The van der Waals surface area contributed by atoms with E-state index in [1.165, 1.54) is 0 Å². The first-order valence-electron chi connectivity index (χ1n) is 8.49. The molecule has 0 aliphatic carbocycles. The summed E-state index contributed by atoms with van der Waals surface area (Å²) in [6.45, 7) is 12.1. The van der Waals surface area contributed by atoms with Crippen LogP contribution in [0.25, 0.3) is 0 Å². The highest BCUT2D eigenvalue weighted by molar-refractivity contribution is 5.78. The molecule has 0 radical (unpaired) electrons. The number of hydrogen-bond donors (Lipinski definition) is 1. The van der Waals surface area contributed by atoms with Crippen LogP contribution in [0, 0.1) is 5.41 Å². The molecule has 134 valence electrons. The molecule has 24 heavy (non-hydrogen) atoms. The summed E-state index contributed by atoms with van der Waals surface area (Å²) in [6.07, 6.45) is 2.17. The number of ether oxygens (including phenoxy) is 1. The van der Waals surface area contributed by atoms with Gasteiger partial charge in [-0.25, -0.2) is 0 Å². The lowest BCUT2D eigenvalue weighted by atomic mass is 9.82. The summed E-state index contributed by atoms with van der Waals surface area (Å²) in [4.78, 5) is 23.1. The summed E-state index contributed by atoms with van der Waals surface area (Å²) in [5.74, 6) is 0.722. The molecule has 1 rings (SSSR count). The lowest BCUT2D eigenvalue weighted by Gasteiger charge is -2.33. The van der Waals surface area contributed by atoms with E-state index in [1.807, 2.05) is 38.1 Å². The van der Waals surface area contributed by atoms with Crippen molar-refractivity contribution in [2.75, 3.05) is 6.61 Å². The molecule has 0 heterocycles. The van der Waals surface area contributed by atoms with E-state index in [-0.39, 0.29) is 29.3 Å². The molecule has 1 amide bonds. The zero-order chi connectivity index (χ0) is 18.4. The summed E-state index contributed by atoms with van der Waals surface area (Å²) >= 11 is 0. The van der Waals surface area contributed by atoms with Gasteiger partial charge >= 0.3 is 0 Å². The SMILES string of the molecule is CC(=O)CCc1ccc(OCC(=O)NC(C)(C)CC(C)(C)C)cc1. The lowest BCUT2D eigenvalue weighted by molar-refractivity contribution is -0.125. The van der Waals surface area contributed by atoms with Gasteiger partial charge in [0, 0.05) is 12.0 Å². The summed E-state index contributed by atoms with van der Waals surface area (Å²) in [7, 11) is 0. The maximum atomic E-state index is 12.1. The molecule has 4 heteroatoms. The Bertz CT molecular complexity index is 553. The summed E-state index contributed by atoms with van der Waals surface area (Å²) < 4.78 is 5.55. The molecule has 0 spiro atoms. The molecule has 0 aliphatic rings. The molecule has 1 N–H and O–H groups in total. The number of ketones is 1. The minimum absolute atomic E-state index is 0.000363. The van der Waals surface area contributed by atoms with Gasteiger partial charge in [0.05, 0.1) is 0 Å². The van der Waals surface area contributed by atoms with Crippen LogP contribution in [0.3, 0.4) is 0 Å². The van der Waals surface area contributed by atoms with E-state index in [4.69, 9.17) is 4.74 Å². The van der Waals surface area contributed by atoms with E-state index in [0.29, 0.717) is 12.2 Å². The highest BCUT2D eigenvalue weighted by Gasteiger charge is 2.26. The summed E-state index contributed by atoms with van der Waals surface area (Å²) in [5, 5.41) is 3.03. The van der Waals surface area contributed by atoms with Crippen molar-refractivity contribution < 1.29 is 14.3 Å². The third kappa shape index (κ3) is 8.70. The van der Waals surface area contributed by atoms with Crippen LogP contribution in [-0.4, -0.2) is 23.8 Å². The van der Waals surface area contributed by atoms with E-state index in [9.17, 15) is 9.59 Å². The molecule has 1 aromatic carbocycles. The van der Waals surface area contributed by atoms with Gasteiger partial charge in [-0.1, -0.05) is 32.9 Å². The van der Waals surface area contributed by atoms with E-state index < -0.39 is 0 Å². The third-order valence-corrected chi connectivity index (χ3v) is 3.51. The molecule has 0 bridgehead atoms. The quantitative estimate of drug-likeness (QED) is 0.784. The van der Waals surface area contributed by atoms with Crippen LogP contribution in [0.15, 0.2) is 24.3 Å². The van der Waals surface area contributed by atoms with E-state index in [2.05, 4.69) is 26.1 Å². The number of carbonyl (C=O) groups excluding carboxylic acids is 2. The van der Waals surface area contributed by atoms with E-state index >= 15 is 0 Å². The standard InChI is InChI=1S/C20H31NO3/c1-15(22)7-8-16-9-11-17(12-10-16)24-13-18(23)21-20(5,6)14-19(2,3)4/h9-12H,7-8,13-14H2,1-6H3,(H,21,23). The molecular formula is C20H31NO3. The minimum Gasteiger partial charge on any atom is -0.484 e. The predicted octanol–water partition coefficient (Wildman–Crippen LogP) is 3.92. The Kier molecular flexibility index (Phi) is 7.00. The molecule has 0 saturated heterocycles. The van der Waals surface area contributed by atoms with Crippen molar-refractivity contribution in [1.82, 2.24) is 5.32 Å². The highest BCUT2D eigenvalue weighted by Crippen LogP contribution is 2.26. The zero-order valence-electron chi connectivity index (χ0n) is 15.9. The van der Waals surface area contributed by atoms with Crippen molar-refractivity contribution in [2.45, 2.75) is 66.3 Å². The fourth-order valence-electron chi connectivity index (χ4n) is 3.01. The van der Waals surface area contributed by atoms with E-state index in [0.717, 1.165) is 18.4 Å². The van der Waals surface area contributed by atoms with Gasteiger partial charge < -0.3 is 14.8 Å². The Hall–Kier alpha value is -1.84. The largest absolute Gasteiger partial charge is 0.484 e. The minimum atomic E-state index is -0.269. The van der Waals surface area contributed by atoms with Crippen LogP contribution in [0.5, 0.6) is 5.75 Å². The van der Waals surface area contributed by atoms with Gasteiger partial charge in [0.2, 0.25) is 0 Å². The molecule has 4 nitrogen and oxygen atoms in total. The molecule has 0 aromatic heterocycles. The second-order valence-electron chi connectivity index (χ2n) is 8.30. The van der Waals surface area contributed by atoms with Crippen molar-refractivity contribution in [2.24, 2.45) is 5.41 Å². The normalized spacial score (nSPS) is 11.9. The maximum Gasteiger partial charge on any atom is 0.258 e. The lowest BCUT2D eigenvalue weighted by Crippen LogP contribution is -2.47. The van der Waals surface area contributed by atoms with Gasteiger partial charge in [0.25, 0.3) is 5.91 Å². The Labute approximate surface area is 146 Å². The van der Waals surface area contributed by atoms with Gasteiger partial charge in [0.1, 0.15) is 11.5 Å². The number of rotatable bonds is 8. The number of benzene rings is 1. The zero-order valence-corrected chi connectivity index (χ0v) is 15.9. The Morgan fingerprint density at radius 1 is 1.04 bits per heavy atom. The van der Waals surface area contributed by atoms with Gasteiger partial charge in [-0.15, -0.1) is 0 Å². The van der Waals surface area contributed by atoms with Gasteiger partial charge in [0.15, 0.2) is 6.61 Å². The molecule has 0 saturated carbocycles. The Morgan fingerprint density at radius 2 is 1.62 bits per heavy atom. The number of Topliss-reactive ketones (excluding diaryl/α,β-unsaturated/α-hetero) is 1. The fourth-order valence-corrected chi connectivity index (χ4v) is 3.01. The summed E-state index contributed by atoms with van der Waals surface area (Å²) in [6, 6.07) is 7.53. The number of carbonyl (C=O) groups is 2. The van der Waals surface area contributed by atoms with Crippen molar-refractivity contribution in [3.63, 3.8) is 0 Å². The number of aryl methyl sites for hydroxylation is 1. The molecule has 1 aromatic rings. The van der Waals surface area contributed by atoms with Crippen LogP contribution in [-0.2, 0) is 16.0 Å². The maximum absolute atomic E-state index is 12.1. The fraction of sp³-hybridized carbons (Fsp3) is 0.600. The third-order valence-electron chi connectivity index (χ3n) is 3.51. The molecule has 0 unspecified atom stereocenters. The van der Waals surface area contributed by atoms with Crippen LogP contribution in [0.4, 0.5) is 0 Å². The van der Waals surface area contributed by atoms with Gasteiger partial charge in [-0.05, 0) is 56.7 Å². The summed E-state index contributed by atoms with van der Waals surface area (Å²) in [5.41, 5.74) is 0.969. The smallest absolute Gasteiger partial charge is 0.258 e. The first kappa shape index (κ1) is 20.2. The number of hydrogen-bond acceptors (Lipinski definition) is 3. The van der Waals surface area contributed by atoms with Crippen molar-refractivity contribution in [1.29, 1.82) is 0 Å². The first-order chi connectivity index (χ1) is 11.0. The Balaban J connectivity index is 2.45. The van der Waals surface area contributed by atoms with Gasteiger partial charge in [-0.2, -0.15) is 0 Å². The number of nitrogens with one attached hydrogen (secondary N) is 1. The predicted molar refractivity (Wildman–Crippen MR) is 97.2 cm³/mol. The van der Waals surface area contributed by atoms with Gasteiger partial charge in [-0.3, -0.25) is 4.79 Å². The van der Waals surface area contributed by atoms with Crippen LogP contribution >= 0.6 is 0 Å². The van der Waals surface area contributed by atoms with Crippen molar-refractivity contribution in [3.8, 4) is 5.75 Å².